The van der Waals surface area contributed by atoms with E-state index in [1.807, 2.05) is 6.92 Å². The summed E-state index contributed by atoms with van der Waals surface area (Å²) in [4.78, 5) is 0.0851. The van der Waals surface area contributed by atoms with E-state index >= 15 is 0 Å². The first-order chi connectivity index (χ1) is 9.75. The molecule has 0 aliphatic carbocycles. The van der Waals surface area contributed by atoms with Gasteiger partial charge in [0.05, 0.1) is 23.7 Å². The molecule has 1 aromatic rings. The fourth-order valence-electron chi connectivity index (χ4n) is 1.57. The average Bonchev–Trinajstić information content (AvgIpc) is 2.46. The van der Waals surface area contributed by atoms with Crippen LogP contribution in [0.4, 0.5) is 0 Å². The van der Waals surface area contributed by atoms with Crippen molar-refractivity contribution in [3.05, 3.63) is 23.8 Å². The highest BCUT2D eigenvalue weighted by atomic mass is 32.2. The van der Waals surface area contributed by atoms with Crippen LogP contribution in [0.5, 0.6) is 5.75 Å². The molecule has 0 aromatic heterocycles. The summed E-state index contributed by atoms with van der Waals surface area (Å²) < 4.78 is 37.5. The predicted octanol–water partition coefficient (Wildman–Crippen LogP) is 1.28. The quantitative estimate of drug-likeness (QED) is 0.754. The minimum atomic E-state index is -3.66. The second kappa shape index (κ2) is 7.22. The first-order valence-corrected chi connectivity index (χ1v) is 8.15. The Hall–Kier alpha value is -1.15. The van der Waals surface area contributed by atoms with Gasteiger partial charge in [0, 0.05) is 19.2 Å². The lowest BCUT2D eigenvalue weighted by Gasteiger charge is -2.23. The molecule has 0 amide bonds. The summed E-state index contributed by atoms with van der Waals surface area (Å²) in [7, 11) is -2.14. The Balaban J connectivity index is 2.98. The maximum absolute atomic E-state index is 12.2. The van der Waals surface area contributed by atoms with Gasteiger partial charge in [0.25, 0.3) is 0 Å². The van der Waals surface area contributed by atoms with Crippen molar-refractivity contribution in [2.45, 2.75) is 37.9 Å². The SMILES string of the molecule is CCOc1ccc(S(=O)(=O)NCC(C)(C)OC)cc1CO. The number of rotatable bonds is 8. The van der Waals surface area contributed by atoms with E-state index in [0.717, 1.165) is 0 Å². The molecule has 7 heteroatoms. The van der Waals surface area contributed by atoms with Crippen LogP contribution in [0.15, 0.2) is 23.1 Å². The zero-order valence-corrected chi connectivity index (χ0v) is 13.7. The molecule has 0 radical (unpaired) electrons. The predicted molar refractivity (Wildman–Crippen MR) is 79.8 cm³/mol. The maximum atomic E-state index is 12.2. The van der Waals surface area contributed by atoms with Gasteiger partial charge in [-0.25, -0.2) is 13.1 Å². The zero-order chi connectivity index (χ0) is 16.1. The highest BCUT2D eigenvalue weighted by Gasteiger charge is 2.22. The third-order valence-electron chi connectivity index (χ3n) is 3.05. The van der Waals surface area contributed by atoms with Crippen molar-refractivity contribution < 1.29 is 23.0 Å². The van der Waals surface area contributed by atoms with Crippen molar-refractivity contribution in [3.63, 3.8) is 0 Å². The Morgan fingerprint density at radius 1 is 1.33 bits per heavy atom. The van der Waals surface area contributed by atoms with Gasteiger partial charge < -0.3 is 14.6 Å². The normalized spacial score (nSPS) is 12.4. The summed E-state index contributed by atoms with van der Waals surface area (Å²) in [6.45, 7) is 5.69. The minimum absolute atomic E-state index is 0.0851. The second-order valence-electron chi connectivity index (χ2n) is 5.15. The molecule has 2 N–H and O–H groups in total. The number of hydrogen-bond donors (Lipinski definition) is 2. The molecule has 0 aliphatic rings. The summed E-state index contributed by atoms with van der Waals surface area (Å²) in [5.74, 6) is 0.483. The van der Waals surface area contributed by atoms with E-state index in [1.165, 1.54) is 19.2 Å². The van der Waals surface area contributed by atoms with Crippen LogP contribution in [0.3, 0.4) is 0 Å². The first kappa shape index (κ1) is 17.9. The third-order valence-corrected chi connectivity index (χ3v) is 4.45. The number of aliphatic hydroxyl groups is 1. The molecular weight excluding hydrogens is 294 g/mol. The van der Waals surface area contributed by atoms with Gasteiger partial charge in [-0.15, -0.1) is 0 Å². The molecule has 0 heterocycles. The topological polar surface area (TPSA) is 84.9 Å². The van der Waals surface area contributed by atoms with Crippen molar-refractivity contribution >= 4 is 10.0 Å². The molecular formula is C14H23NO5S. The number of methoxy groups -OCH3 is 1. The summed E-state index contributed by atoms with van der Waals surface area (Å²) in [6, 6.07) is 4.41. The van der Waals surface area contributed by atoms with Gasteiger partial charge in [-0.2, -0.15) is 0 Å². The van der Waals surface area contributed by atoms with Crippen LogP contribution < -0.4 is 9.46 Å². The Labute approximate surface area is 126 Å². The Kier molecular flexibility index (Phi) is 6.15. The van der Waals surface area contributed by atoms with Gasteiger partial charge in [-0.1, -0.05) is 0 Å². The van der Waals surface area contributed by atoms with Crippen LogP contribution in [-0.4, -0.2) is 39.4 Å². The second-order valence-corrected chi connectivity index (χ2v) is 6.92. The molecule has 1 aromatic carbocycles. The summed E-state index contributed by atoms with van der Waals surface area (Å²) in [5.41, 5.74) is -0.163. The smallest absolute Gasteiger partial charge is 0.240 e. The molecule has 0 unspecified atom stereocenters. The fourth-order valence-corrected chi connectivity index (χ4v) is 2.82. The summed E-state index contributed by atoms with van der Waals surface area (Å²) in [5, 5.41) is 9.32. The van der Waals surface area contributed by atoms with Crippen LogP contribution >= 0.6 is 0 Å². The fraction of sp³-hybridized carbons (Fsp3) is 0.571. The van der Waals surface area contributed by atoms with E-state index in [0.29, 0.717) is 17.9 Å². The van der Waals surface area contributed by atoms with E-state index in [1.54, 1.807) is 19.9 Å². The maximum Gasteiger partial charge on any atom is 0.240 e. The van der Waals surface area contributed by atoms with Crippen LogP contribution in [-0.2, 0) is 21.4 Å². The Morgan fingerprint density at radius 2 is 2.00 bits per heavy atom. The Bertz CT molecular complexity index is 569. The molecule has 0 saturated carbocycles. The summed E-state index contributed by atoms with van der Waals surface area (Å²) in [6.07, 6.45) is 0. The lowest BCUT2D eigenvalue weighted by molar-refractivity contribution is 0.0276. The van der Waals surface area contributed by atoms with Crippen molar-refractivity contribution in [3.8, 4) is 5.75 Å². The molecule has 0 atom stereocenters. The number of nitrogens with one attached hydrogen (secondary N) is 1. The summed E-state index contributed by atoms with van der Waals surface area (Å²) >= 11 is 0. The Morgan fingerprint density at radius 3 is 2.52 bits per heavy atom. The molecule has 0 spiro atoms. The molecule has 21 heavy (non-hydrogen) atoms. The van der Waals surface area contributed by atoms with Crippen LogP contribution in [0.1, 0.15) is 26.3 Å². The van der Waals surface area contributed by atoms with Gasteiger partial charge in [0.15, 0.2) is 0 Å². The van der Waals surface area contributed by atoms with E-state index in [9.17, 15) is 13.5 Å². The molecule has 0 aliphatic heterocycles. The average molecular weight is 317 g/mol. The molecule has 1 rings (SSSR count). The molecule has 6 nitrogen and oxygen atoms in total. The van der Waals surface area contributed by atoms with E-state index in [2.05, 4.69) is 4.72 Å². The number of hydrogen-bond acceptors (Lipinski definition) is 5. The van der Waals surface area contributed by atoms with Crippen LogP contribution in [0, 0.1) is 0 Å². The minimum Gasteiger partial charge on any atom is -0.494 e. The van der Waals surface area contributed by atoms with Gasteiger partial charge in [-0.3, -0.25) is 0 Å². The number of benzene rings is 1. The number of sulfonamides is 1. The van der Waals surface area contributed by atoms with Crippen LogP contribution in [0.25, 0.3) is 0 Å². The highest BCUT2D eigenvalue weighted by molar-refractivity contribution is 7.89. The van der Waals surface area contributed by atoms with Gasteiger partial charge in [-0.05, 0) is 39.0 Å². The van der Waals surface area contributed by atoms with Gasteiger partial charge >= 0.3 is 0 Å². The van der Waals surface area contributed by atoms with Crippen molar-refractivity contribution in [1.29, 1.82) is 0 Å². The third kappa shape index (κ3) is 4.96. The van der Waals surface area contributed by atoms with Gasteiger partial charge in [0.2, 0.25) is 10.0 Å². The van der Waals surface area contributed by atoms with Crippen molar-refractivity contribution in [1.82, 2.24) is 4.72 Å². The molecule has 0 fully saturated rings. The van der Waals surface area contributed by atoms with Crippen molar-refractivity contribution in [2.75, 3.05) is 20.3 Å². The van der Waals surface area contributed by atoms with E-state index in [-0.39, 0.29) is 18.0 Å². The number of aliphatic hydroxyl groups excluding tert-OH is 1. The molecule has 120 valence electrons. The molecule has 0 saturated heterocycles. The van der Waals surface area contributed by atoms with E-state index < -0.39 is 15.6 Å². The van der Waals surface area contributed by atoms with Crippen molar-refractivity contribution in [2.24, 2.45) is 0 Å². The largest absolute Gasteiger partial charge is 0.494 e. The standard InChI is InChI=1S/C14H23NO5S/c1-5-20-13-7-6-12(8-11(13)9-16)21(17,18)15-10-14(2,3)19-4/h6-8,15-16H,5,9-10H2,1-4H3. The number of ether oxygens (including phenoxy) is 2. The van der Waals surface area contributed by atoms with E-state index in [4.69, 9.17) is 9.47 Å². The lowest BCUT2D eigenvalue weighted by Crippen LogP contribution is -2.39. The zero-order valence-electron chi connectivity index (χ0n) is 12.8. The van der Waals surface area contributed by atoms with Crippen LogP contribution in [0.2, 0.25) is 0 Å². The monoisotopic (exact) mass is 317 g/mol. The lowest BCUT2D eigenvalue weighted by atomic mass is 10.1. The highest BCUT2D eigenvalue weighted by Crippen LogP contribution is 2.23. The van der Waals surface area contributed by atoms with Gasteiger partial charge in [0.1, 0.15) is 5.75 Å². The first-order valence-electron chi connectivity index (χ1n) is 6.67. The molecule has 0 bridgehead atoms.